The van der Waals surface area contributed by atoms with Gasteiger partial charge in [-0.25, -0.2) is 4.39 Å². The third-order valence-electron chi connectivity index (χ3n) is 3.86. The maximum absolute atomic E-state index is 13.1. The standard InChI is InChI=1S/C17H20ClFN2O4/c1-11(17(24)20-12-6-7-14(19)13(18)9-12)25-16(23)10-21-8-4-2-3-5-15(21)22/h6-7,9,11H,2-5,8,10H2,1H3,(H,20,24)/t11-/m1/s1. The number of hydrogen-bond acceptors (Lipinski definition) is 4. The Hall–Kier alpha value is -2.15. The van der Waals surface area contributed by atoms with E-state index in [1.807, 2.05) is 0 Å². The fraction of sp³-hybridized carbons (Fsp3) is 0.471. The molecular weight excluding hydrogens is 351 g/mol. The molecule has 0 saturated carbocycles. The Kier molecular flexibility index (Phi) is 6.75. The molecule has 1 aliphatic heterocycles. The molecule has 0 aromatic heterocycles. The first-order chi connectivity index (χ1) is 11.9. The molecule has 1 saturated heterocycles. The van der Waals surface area contributed by atoms with Crippen LogP contribution >= 0.6 is 11.6 Å². The molecule has 25 heavy (non-hydrogen) atoms. The van der Waals surface area contributed by atoms with E-state index in [0.717, 1.165) is 25.3 Å². The number of anilines is 1. The molecule has 2 rings (SSSR count). The second-order valence-corrected chi connectivity index (χ2v) is 6.28. The van der Waals surface area contributed by atoms with Crippen molar-refractivity contribution in [3.05, 3.63) is 29.0 Å². The summed E-state index contributed by atoms with van der Waals surface area (Å²) in [7, 11) is 0. The highest BCUT2D eigenvalue weighted by Gasteiger charge is 2.23. The number of nitrogens with zero attached hydrogens (tertiary/aromatic N) is 1. The topological polar surface area (TPSA) is 75.7 Å². The van der Waals surface area contributed by atoms with Gasteiger partial charge in [0.2, 0.25) is 5.91 Å². The minimum atomic E-state index is -1.06. The summed E-state index contributed by atoms with van der Waals surface area (Å²) in [6, 6.07) is 3.74. The van der Waals surface area contributed by atoms with Crippen molar-refractivity contribution in [3.63, 3.8) is 0 Å². The largest absolute Gasteiger partial charge is 0.451 e. The maximum Gasteiger partial charge on any atom is 0.326 e. The van der Waals surface area contributed by atoms with Gasteiger partial charge in [-0.05, 0) is 38.0 Å². The first-order valence-corrected chi connectivity index (χ1v) is 8.48. The number of rotatable bonds is 5. The lowest BCUT2D eigenvalue weighted by atomic mass is 10.2. The number of nitrogens with one attached hydrogen (secondary N) is 1. The van der Waals surface area contributed by atoms with Gasteiger partial charge in [-0.15, -0.1) is 0 Å². The van der Waals surface area contributed by atoms with Gasteiger partial charge in [0.05, 0.1) is 5.02 Å². The number of likely N-dealkylation sites (tertiary alicyclic amines) is 1. The van der Waals surface area contributed by atoms with E-state index in [4.69, 9.17) is 16.3 Å². The molecule has 2 amide bonds. The molecule has 1 fully saturated rings. The Morgan fingerprint density at radius 1 is 1.36 bits per heavy atom. The molecule has 1 heterocycles. The lowest BCUT2D eigenvalue weighted by Crippen LogP contribution is -2.38. The van der Waals surface area contributed by atoms with Crippen molar-refractivity contribution in [3.8, 4) is 0 Å². The van der Waals surface area contributed by atoms with E-state index in [1.165, 1.54) is 24.0 Å². The van der Waals surface area contributed by atoms with Crippen LogP contribution in [0, 0.1) is 5.82 Å². The van der Waals surface area contributed by atoms with E-state index < -0.39 is 23.8 Å². The number of carbonyl (C=O) groups is 3. The van der Waals surface area contributed by atoms with E-state index in [-0.39, 0.29) is 17.5 Å². The number of carbonyl (C=O) groups excluding carboxylic acids is 3. The quantitative estimate of drug-likeness (QED) is 0.808. The van der Waals surface area contributed by atoms with Gasteiger partial charge in [0, 0.05) is 18.7 Å². The average molecular weight is 371 g/mol. The fourth-order valence-electron chi connectivity index (χ4n) is 2.47. The molecule has 1 atom stereocenters. The second kappa shape index (κ2) is 8.80. The highest BCUT2D eigenvalue weighted by molar-refractivity contribution is 6.31. The lowest BCUT2D eigenvalue weighted by Gasteiger charge is -2.20. The smallest absolute Gasteiger partial charge is 0.326 e. The Balaban J connectivity index is 1.85. The summed E-state index contributed by atoms with van der Waals surface area (Å²) in [6.07, 6.45) is 1.99. The second-order valence-electron chi connectivity index (χ2n) is 5.88. The molecular formula is C17H20ClFN2O4. The summed E-state index contributed by atoms with van der Waals surface area (Å²) in [6.45, 7) is 1.77. The van der Waals surface area contributed by atoms with Crippen LogP contribution in [0.4, 0.5) is 10.1 Å². The van der Waals surface area contributed by atoms with Crippen LogP contribution in [-0.4, -0.2) is 41.9 Å². The molecule has 1 aromatic rings. The molecule has 1 N–H and O–H groups in total. The van der Waals surface area contributed by atoms with Gasteiger partial charge in [0.25, 0.3) is 5.91 Å². The molecule has 0 bridgehead atoms. The Labute approximate surface area is 150 Å². The van der Waals surface area contributed by atoms with E-state index >= 15 is 0 Å². The zero-order valence-corrected chi connectivity index (χ0v) is 14.6. The molecule has 0 unspecified atom stereocenters. The van der Waals surface area contributed by atoms with E-state index in [0.29, 0.717) is 18.7 Å². The van der Waals surface area contributed by atoms with Crippen LogP contribution in [0.2, 0.25) is 5.02 Å². The van der Waals surface area contributed by atoms with Gasteiger partial charge in [-0.1, -0.05) is 18.0 Å². The first-order valence-electron chi connectivity index (χ1n) is 8.10. The predicted molar refractivity (Wildman–Crippen MR) is 90.6 cm³/mol. The van der Waals surface area contributed by atoms with Crippen molar-refractivity contribution in [2.75, 3.05) is 18.4 Å². The molecule has 8 heteroatoms. The van der Waals surface area contributed by atoms with Crippen LogP contribution in [0.25, 0.3) is 0 Å². The van der Waals surface area contributed by atoms with Gasteiger partial charge in [0.1, 0.15) is 12.4 Å². The number of ether oxygens (including phenoxy) is 1. The van der Waals surface area contributed by atoms with Crippen molar-refractivity contribution in [1.82, 2.24) is 4.90 Å². The summed E-state index contributed by atoms with van der Waals surface area (Å²) in [5.74, 6) is -1.89. The highest BCUT2D eigenvalue weighted by Crippen LogP contribution is 2.19. The van der Waals surface area contributed by atoms with Crippen molar-refractivity contribution >= 4 is 35.1 Å². The zero-order chi connectivity index (χ0) is 18.4. The van der Waals surface area contributed by atoms with E-state index in [9.17, 15) is 18.8 Å². The number of esters is 1. The van der Waals surface area contributed by atoms with Crippen molar-refractivity contribution in [1.29, 1.82) is 0 Å². The molecule has 1 aromatic carbocycles. The molecule has 0 radical (unpaired) electrons. The van der Waals surface area contributed by atoms with Crippen LogP contribution < -0.4 is 5.32 Å². The maximum atomic E-state index is 13.1. The van der Waals surface area contributed by atoms with E-state index in [2.05, 4.69) is 5.32 Å². The minimum absolute atomic E-state index is 0.0764. The third kappa shape index (κ3) is 5.70. The first kappa shape index (κ1) is 19.2. The summed E-state index contributed by atoms with van der Waals surface area (Å²) in [5.41, 5.74) is 0.294. The average Bonchev–Trinajstić information content (AvgIpc) is 2.75. The van der Waals surface area contributed by atoms with Crippen LogP contribution in [0.15, 0.2) is 18.2 Å². The lowest BCUT2D eigenvalue weighted by molar-refractivity contribution is -0.156. The zero-order valence-electron chi connectivity index (χ0n) is 13.9. The number of halogens is 2. The minimum Gasteiger partial charge on any atom is -0.451 e. The molecule has 136 valence electrons. The van der Waals surface area contributed by atoms with Crippen molar-refractivity contribution < 1.29 is 23.5 Å². The Morgan fingerprint density at radius 3 is 2.84 bits per heavy atom. The van der Waals surface area contributed by atoms with Crippen LogP contribution in [-0.2, 0) is 19.1 Å². The van der Waals surface area contributed by atoms with Crippen LogP contribution in [0.5, 0.6) is 0 Å². The third-order valence-corrected chi connectivity index (χ3v) is 4.15. The van der Waals surface area contributed by atoms with Crippen LogP contribution in [0.3, 0.4) is 0 Å². The molecule has 1 aliphatic rings. The molecule has 0 aliphatic carbocycles. The number of benzene rings is 1. The fourth-order valence-corrected chi connectivity index (χ4v) is 2.65. The summed E-state index contributed by atoms with van der Waals surface area (Å²) in [5, 5.41) is 2.37. The van der Waals surface area contributed by atoms with Crippen molar-refractivity contribution in [2.24, 2.45) is 0 Å². The molecule has 0 spiro atoms. The predicted octanol–water partition coefficient (Wildman–Crippen LogP) is 2.75. The van der Waals surface area contributed by atoms with Crippen molar-refractivity contribution in [2.45, 2.75) is 38.7 Å². The number of amides is 2. The normalized spacial score (nSPS) is 16.1. The van der Waals surface area contributed by atoms with Gasteiger partial charge >= 0.3 is 5.97 Å². The highest BCUT2D eigenvalue weighted by atomic mass is 35.5. The van der Waals surface area contributed by atoms with Gasteiger partial charge in [0.15, 0.2) is 6.10 Å². The van der Waals surface area contributed by atoms with Crippen LogP contribution in [0.1, 0.15) is 32.6 Å². The van der Waals surface area contributed by atoms with Gasteiger partial charge in [-0.3, -0.25) is 14.4 Å². The summed E-state index contributed by atoms with van der Waals surface area (Å²) in [4.78, 5) is 37.3. The number of hydrogen-bond donors (Lipinski definition) is 1. The molecule has 6 nitrogen and oxygen atoms in total. The monoisotopic (exact) mass is 370 g/mol. The SMILES string of the molecule is C[C@@H](OC(=O)CN1CCCCCC1=O)C(=O)Nc1ccc(F)c(Cl)c1. The van der Waals surface area contributed by atoms with Gasteiger partial charge in [-0.2, -0.15) is 0 Å². The van der Waals surface area contributed by atoms with Gasteiger partial charge < -0.3 is 15.0 Å². The van der Waals surface area contributed by atoms with E-state index in [1.54, 1.807) is 0 Å². The summed E-state index contributed by atoms with van der Waals surface area (Å²) < 4.78 is 18.2. The summed E-state index contributed by atoms with van der Waals surface area (Å²) >= 11 is 5.65. The Morgan fingerprint density at radius 2 is 2.12 bits per heavy atom. The Bertz CT molecular complexity index is 668.